The fourth-order valence-corrected chi connectivity index (χ4v) is 3.72. The lowest BCUT2D eigenvalue weighted by atomic mass is 10.1. The van der Waals surface area contributed by atoms with Gasteiger partial charge in [-0.25, -0.2) is 4.79 Å². The van der Waals surface area contributed by atoms with E-state index in [1.165, 1.54) is 5.39 Å². The molecule has 0 bridgehead atoms. The summed E-state index contributed by atoms with van der Waals surface area (Å²) < 4.78 is 13.7. The highest BCUT2D eigenvalue weighted by Crippen LogP contribution is 2.23. The van der Waals surface area contributed by atoms with Gasteiger partial charge in [0.15, 0.2) is 0 Å². The number of nitrogens with one attached hydrogen (secondary N) is 1. The molecule has 2 atom stereocenters. The second-order valence-corrected chi connectivity index (χ2v) is 6.71. The summed E-state index contributed by atoms with van der Waals surface area (Å²) in [4.78, 5) is 14.5. The Balaban J connectivity index is 1.44. The van der Waals surface area contributed by atoms with Gasteiger partial charge in [-0.1, -0.05) is 6.07 Å². The third kappa shape index (κ3) is 3.37. The number of urea groups is 1. The van der Waals surface area contributed by atoms with Crippen molar-refractivity contribution in [3.8, 4) is 0 Å². The van der Waals surface area contributed by atoms with Crippen LogP contribution in [0.25, 0.3) is 10.9 Å². The zero-order chi connectivity index (χ0) is 17.2. The number of amides is 2. The average molecular weight is 343 g/mol. The van der Waals surface area contributed by atoms with Crippen molar-refractivity contribution < 1.29 is 14.3 Å². The number of aryl methyl sites for hydroxylation is 1. The lowest BCUT2D eigenvalue weighted by Crippen LogP contribution is -2.51. The lowest BCUT2D eigenvalue weighted by molar-refractivity contribution is -0.0839. The molecule has 1 aromatic heterocycles. The van der Waals surface area contributed by atoms with E-state index in [1.54, 1.807) is 0 Å². The smallest absolute Gasteiger partial charge is 0.322 e. The molecule has 25 heavy (non-hydrogen) atoms. The lowest BCUT2D eigenvalue weighted by Gasteiger charge is -2.35. The number of rotatable bonds is 3. The van der Waals surface area contributed by atoms with Gasteiger partial charge >= 0.3 is 6.03 Å². The van der Waals surface area contributed by atoms with E-state index in [9.17, 15) is 4.79 Å². The third-order valence-corrected chi connectivity index (χ3v) is 5.13. The molecule has 1 N–H and O–H groups in total. The number of aromatic nitrogens is 1. The van der Waals surface area contributed by atoms with Crippen LogP contribution in [-0.2, 0) is 16.0 Å². The molecule has 0 aliphatic carbocycles. The maximum atomic E-state index is 12.7. The number of morpholine rings is 1. The molecule has 2 aliphatic rings. The molecular formula is C19H25N3O3. The van der Waals surface area contributed by atoms with Crippen LogP contribution in [0.5, 0.6) is 0 Å². The molecule has 2 unspecified atom stereocenters. The Labute approximate surface area is 147 Å². The van der Waals surface area contributed by atoms with Crippen molar-refractivity contribution in [1.82, 2.24) is 9.47 Å². The number of benzene rings is 1. The Morgan fingerprint density at radius 3 is 2.92 bits per heavy atom. The number of nitrogens with zero attached hydrogens (tertiary/aromatic N) is 2. The summed E-state index contributed by atoms with van der Waals surface area (Å²) in [6.07, 6.45) is 4.28. The van der Waals surface area contributed by atoms with Crippen LogP contribution in [0.1, 0.15) is 19.8 Å². The summed E-state index contributed by atoms with van der Waals surface area (Å²) in [6.45, 7) is 5.59. The monoisotopic (exact) mass is 343 g/mol. The summed E-state index contributed by atoms with van der Waals surface area (Å²) in [5.74, 6) is 0. The number of hydrogen-bond donors (Lipinski definition) is 1. The van der Waals surface area contributed by atoms with Gasteiger partial charge in [0.25, 0.3) is 0 Å². The van der Waals surface area contributed by atoms with E-state index in [2.05, 4.69) is 29.1 Å². The largest absolute Gasteiger partial charge is 0.375 e. The summed E-state index contributed by atoms with van der Waals surface area (Å²) in [6, 6.07) is 8.07. The Hall–Kier alpha value is -2.05. The number of ether oxygens (including phenoxy) is 2. The maximum absolute atomic E-state index is 12.7. The van der Waals surface area contributed by atoms with Gasteiger partial charge in [0.1, 0.15) is 6.10 Å². The van der Waals surface area contributed by atoms with Crippen LogP contribution in [-0.4, -0.2) is 54.0 Å². The molecule has 0 saturated carbocycles. The summed E-state index contributed by atoms with van der Waals surface area (Å²) in [7, 11) is 0. The zero-order valence-corrected chi connectivity index (χ0v) is 14.6. The minimum absolute atomic E-state index is 0.0122. The molecule has 3 heterocycles. The van der Waals surface area contributed by atoms with E-state index < -0.39 is 0 Å². The van der Waals surface area contributed by atoms with Crippen molar-refractivity contribution in [2.75, 3.05) is 31.6 Å². The Bertz CT molecular complexity index is 751. The van der Waals surface area contributed by atoms with Gasteiger partial charge in [0.05, 0.1) is 24.8 Å². The van der Waals surface area contributed by atoms with Crippen LogP contribution in [0.3, 0.4) is 0 Å². The number of carbonyl (C=O) groups excluding carboxylic acids is 1. The first-order chi connectivity index (χ1) is 12.2. The first-order valence-corrected chi connectivity index (χ1v) is 9.12. The molecule has 134 valence electrons. The SMILES string of the molecule is CCn1ccc2ccc(NC(=O)N3CCOC(C4CCCO4)C3)cc21. The van der Waals surface area contributed by atoms with Gasteiger partial charge < -0.3 is 24.3 Å². The fourth-order valence-electron chi connectivity index (χ4n) is 3.72. The average Bonchev–Trinajstić information content (AvgIpc) is 3.31. The van der Waals surface area contributed by atoms with Crippen molar-refractivity contribution in [3.05, 3.63) is 30.5 Å². The quantitative estimate of drug-likeness (QED) is 0.932. The molecule has 2 fully saturated rings. The minimum atomic E-state index is -0.0692. The standard InChI is InChI=1S/C19H25N3O3/c1-2-21-8-7-14-5-6-15(12-16(14)21)20-19(23)22-9-11-25-18(13-22)17-4-3-10-24-17/h5-8,12,17-18H,2-4,9-11,13H2,1H3,(H,20,23). The number of anilines is 1. The van der Waals surface area contributed by atoms with E-state index in [1.807, 2.05) is 23.1 Å². The molecule has 4 rings (SSSR count). The van der Waals surface area contributed by atoms with E-state index in [4.69, 9.17) is 9.47 Å². The van der Waals surface area contributed by atoms with E-state index >= 15 is 0 Å². The first kappa shape index (κ1) is 16.4. The van der Waals surface area contributed by atoms with Crippen molar-refractivity contribution in [1.29, 1.82) is 0 Å². The highest BCUT2D eigenvalue weighted by atomic mass is 16.5. The molecule has 2 saturated heterocycles. The minimum Gasteiger partial charge on any atom is -0.375 e. The second kappa shape index (κ2) is 7.06. The molecule has 6 nitrogen and oxygen atoms in total. The molecule has 0 spiro atoms. The second-order valence-electron chi connectivity index (χ2n) is 6.71. The summed E-state index contributed by atoms with van der Waals surface area (Å²) >= 11 is 0. The molecular weight excluding hydrogens is 318 g/mol. The van der Waals surface area contributed by atoms with Crippen LogP contribution < -0.4 is 5.32 Å². The number of hydrogen-bond acceptors (Lipinski definition) is 3. The molecule has 0 radical (unpaired) electrons. The predicted molar refractivity (Wildman–Crippen MR) is 96.9 cm³/mol. The molecule has 2 aliphatic heterocycles. The molecule has 1 aromatic carbocycles. The number of fused-ring (bicyclic) bond motifs is 1. The van der Waals surface area contributed by atoms with Crippen LogP contribution in [0.4, 0.5) is 10.5 Å². The normalized spacial score (nSPS) is 24.0. The van der Waals surface area contributed by atoms with E-state index in [0.717, 1.165) is 37.2 Å². The third-order valence-electron chi connectivity index (χ3n) is 5.13. The van der Waals surface area contributed by atoms with Crippen LogP contribution >= 0.6 is 0 Å². The van der Waals surface area contributed by atoms with Crippen molar-refractivity contribution >= 4 is 22.6 Å². The van der Waals surface area contributed by atoms with Crippen LogP contribution in [0, 0.1) is 0 Å². The van der Waals surface area contributed by atoms with Gasteiger partial charge in [-0.2, -0.15) is 0 Å². The fraction of sp³-hybridized carbons (Fsp3) is 0.526. The van der Waals surface area contributed by atoms with Crippen LogP contribution in [0.2, 0.25) is 0 Å². The Morgan fingerprint density at radius 2 is 2.12 bits per heavy atom. The number of carbonyl (C=O) groups is 1. The van der Waals surface area contributed by atoms with Crippen molar-refractivity contribution in [2.45, 2.75) is 38.5 Å². The van der Waals surface area contributed by atoms with Gasteiger partial charge in [-0.05, 0) is 43.4 Å². The van der Waals surface area contributed by atoms with Gasteiger partial charge in [-0.15, -0.1) is 0 Å². The maximum Gasteiger partial charge on any atom is 0.322 e. The molecule has 2 aromatic rings. The van der Waals surface area contributed by atoms with Crippen LogP contribution in [0.15, 0.2) is 30.5 Å². The topological polar surface area (TPSA) is 55.7 Å². The highest BCUT2D eigenvalue weighted by molar-refractivity contribution is 5.93. The Morgan fingerprint density at radius 1 is 1.24 bits per heavy atom. The van der Waals surface area contributed by atoms with Gasteiger partial charge in [-0.3, -0.25) is 0 Å². The first-order valence-electron chi connectivity index (χ1n) is 9.12. The Kier molecular flexibility index (Phi) is 4.63. The zero-order valence-electron chi connectivity index (χ0n) is 14.6. The predicted octanol–water partition coefficient (Wildman–Crippen LogP) is 3.07. The highest BCUT2D eigenvalue weighted by Gasteiger charge is 2.32. The van der Waals surface area contributed by atoms with E-state index in [-0.39, 0.29) is 18.2 Å². The van der Waals surface area contributed by atoms with Gasteiger partial charge in [0.2, 0.25) is 0 Å². The van der Waals surface area contributed by atoms with Crippen molar-refractivity contribution in [3.63, 3.8) is 0 Å². The van der Waals surface area contributed by atoms with E-state index in [0.29, 0.717) is 19.7 Å². The summed E-state index contributed by atoms with van der Waals surface area (Å²) in [5.41, 5.74) is 1.96. The molecule has 6 heteroatoms. The molecule has 2 amide bonds. The van der Waals surface area contributed by atoms with Crippen molar-refractivity contribution in [2.24, 2.45) is 0 Å². The summed E-state index contributed by atoms with van der Waals surface area (Å²) in [5, 5.41) is 4.22. The van der Waals surface area contributed by atoms with Gasteiger partial charge in [0, 0.05) is 31.6 Å².